The first-order chi connectivity index (χ1) is 16.9. The van der Waals surface area contributed by atoms with Crippen molar-refractivity contribution in [2.24, 2.45) is 5.41 Å². The molecule has 1 aromatic carbocycles. The van der Waals surface area contributed by atoms with Gasteiger partial charge in [-0.15, -0.1) is 0 Å². The van der Waals surface area contributed by atoms with Crippen LogP contribution in [0.2, 0.25) is 0 Å². The number of ether oxygens (including phenoxy) is 1. The second kappa shape index (κ2) is 9.31. The lowest BCUT2D eigenvalue weighted by Gasteiger charge is -2.49. The topological polar surface area (TPSA) is 56.2 Å². The standard InChI is InChI=1S/C28H40FN3O3/c29-28(11-12-28)26(34)32-19-27(20-32)10-7-22(18-27)30-14-8-21(9-15-30)23-4-1-2-5-24(23)35-17-16-31-13-3-6-25(31)33/h1-2,4-5,21-22,25,33H,3,6-20H2/t22-,25?/m1/s1. The zero-order valence-corrected chi connectivity index (χ0v) is 20.8. The van der Waals surface area contributed by atoms with Crippen molar-refractivity contribution >= 4 is 5.91 Å². The number of hydrogen-bond acceptors (Lipinski definition) is 5. The van der Waals surface area contributed by atoms with Crippen LogP contribution in [-0.2, 0) is 4.79 Å². The average molecular weight is 486 g/mol. The molecule has 5 fully saturated rings. The fourth-order valence-corrected chi connectivity index (χ4v) is 7.16. The largest absolute Gasteiger partial charge is 0.492 e. The van der Waals surface area contributed by atoms with Crippen LogP contribution in [0.3, 0.4) is 0 Å². The SMILES string of the molecule is O=C(N1CC2(CC[C@@H](N3CCC(c4ccccc4OCCN4CCCC4O)CC3)C2)C1)C1(F)CC1. The summed E-state index contributed by atoms with van der Waals surface area (Å²) < 4.78 is 20.4. The number of rotatable bonds is 7. The molecule has 0 radical (unpaired) electrons. The molecule has 192 valence electrons. The van der Waals surface area contributed by atoms with Gasteiger partial charge in [-0.1, -0.05) is 18.2 Å². The van der Waals surface area contributed by atoms with Crippen molar-refractivity contribution in [2.75, 3.05) is 45.9 Å². The monoisotopic (exact) mass is 485 g/mol. The number of piperidine rings is 1. The van der Waals surface area contributed by atoms with E-state index in [0.29, 0.717) is 31.4 Å². The van der Waals surface area contributed by atoms with Gasteiger partial charge in [0.15, 0.2) is 5.67 Å². The molecular formula is C28H40FN3O3. The van der Waals surface area contributed by atoms with Gasteiger partial charge in [0.1, 0.15) is 18.6 Å². The quantitative estimate of drug-likeness (QED) is 0.640. The predicted octanol–water partition coefficient (Wildman–Crippen LogP) is 3.54. The number of hydrogen-bond donors (Lipinski definition) is 1. The molecule has 1 spiro atoms. The fraction of sp³-hybridized carbons (Fsp3) is 0.750. The Balaban J connectivity index is 0.982. The van der Waals surface area contributed by atoms with Gasteiger partial charge < -0.3 is 19.6 Å². The van der Waals surface area contributed by atoms with Crippen molar-refractivity contribution in [1.82, 2.24) is 14.7 Å². The summed E-state index contributed by atoms with van der Waals surface area (Å²) in [5.41, 5.74) is 0.0494. The Morgan fingerprint density at radius 2 is 1.83 bits per heavy atom. The van der Waals surface area contributed by atoms with E-state index in [1.807, 2.05) is 0 Å². The summed E-state index contributed by atoms with van der Waals surface area (Å²) in [6.07, 6.45) is 8.27. The van der Waals surface area contributed by atoms with Gasteiger partial charge in [-0.2, -0.15) is 0 Å². The third-order valence-electron chi connectivity index (χ3n) is 9.46. The zero-order valence-electron chi connectivity index (χ0n) is 20.8. The van der Waals surface area contributed by atoms with Crippen molar-refractivity contribution in [3.8, 4) is 5.75 Å². The summed E-state index contributed by atoms with van der Waals surface area (Å²) in [7, 11) is 0. The van der Waals surface area contributed by atoms with Crippen molar-refractivity contribution in [2.45, 2.75) is 81.6 Å². The van der Waals surface area contributed by atoms with Gasteiger partial charge in [0.05, 0.1) is 0 Å². The Morgan fingerprint density at radius 1 is 1.06 bits per heavy atom. The summed E-state index contributed by atoms with van der Waals surface area (Å²) in [5, 5.41) is 10.0. The normalized spacial score (nSPS) is 30.5. The number of aliphatic hydroxyl groups excluding tert-OH is 1. The van der Waals surface area contributed by atoms with Crippen LogP contribution in [0.4, 0.5) is 4.39 Å². The molecule has 6 rings (SSSR count). The number of aliphatic hydroxyl groups is 1. The number of amides is 1. The van der Waals surface area contributed by atoms with Gasteiger partial charge >= 0.3 is 0 Å². The summed E-state index contributed by atoms with van der Waals surface area (Å²) in [4.78, 5) is 18.9. The van der Waals surface area contributed by atoms with Crippen LogP contribution in [0, 0.1) is 5.41 Å². The highest BCUT2D eigenvalue weighted by Crippen LogP contribution is 2.51. The highest BCUT2D eigenvalue weighted by atomic mass is 19.1. The number of nitrogens with zero attached hydrogens (tertiary/aromatic N) is 3. The summed E-state index contributed by atoms with van der Waals surface area (Å²) in [5.74, 6) is 1.27. The number of carbonyl (C=O) groups excluding carboxylic acids is 1. The van der Waals surface area contributed by atoms with E-state index in [0.717, 1.165) is 77.1 Å². The van der Waals surface area contributed by atoms with Crippen LogP contribution >= 0.6 is 0 Å². The summed E-state index contributed by atoms with van der Waals surface area (Å²) >= 11 is 0. The van der Waals surface area contributed by atoms with Crippen molar-refractivity contribution in [3.05, 3.63) is 29.8 Å². The lowest BCUT2D eigenvalue weighted by Crippen LogP contribution is -2.60. The smallest absolute Gasteiger partial charge is 0.260 e. The molecule has 1 N–H and O–H groups in total. The number of alkyl halides is 1. The number of benzene rings is 1. The van der Waals surface area contributed by atoms with Gasteiger partial charge in [0.2, 0.25) is 0 Å². The lowest BCUT2D eigenvalue weighted by atomic mass is 9.77. The van der Waals surface area contributed by atoms with Gasteiger partial charge in [-0.05, 0) is 88.4 Å². The Morgan fingerprint density at radius 3 is 2.54 bits per heavy atom. The van der Waals surface area contributed by atoms with Crippen LogP contribution < -0.4 is 4.74 Å². The molecule has 3 aliphatic heterocycles. The highest BCUT2D eigenvalue weighted by molar-refractivity contribution is 5.88. The second-order valence-electron chi connectivity index (χ2n) is 11.9. The van der Waals surface area contributed by atoms with Gasteiger partial charge in [0, 0.05) is 37.6 Å². The van der Waals surface area contributed by atoms with Crippen molar-refractivity contribution in [3.63, 3.8) is 0 Å². The number of carbonyl (C=O) groups is 1. The first-order valence-corrected chi connectivity index (χ1v) is 13.8. The van der Waals surface area contributed by atoms with Crippen LogP contribution in [-0.4, -0.2) is 89.5 Å². The van der Waals surface area contributed by atoms with E-state index in [4.69, 9.17) is 4.74 Å². The molecule has 2 aliphatic carbocycles. The Hall–Kier alpha value is -1.70. The third kappa shape index (κ3) is 4.72. The molecular weight excluding hydrogens is 445 g/mol. The van der Waals surface area contributed by atoms with E-state index in [1.165, 1.54) is 18.4 Å². The van der Waals surface area contributed by atoms with Crippen LogP contribution in [0.25, 0.3) is 0 Å². The molecule has 3 heterocycles. The van der Waals surface area contributed by atoms with Crippen LogP contribution in [0.15, 0.2) is 24.3 Å². The lowest BCUT2D eigenvalue weighted by molar-refractivity contribution is -0.150. The minimum atomic E-state index is -1.52. The van der Waals surface area contributed by atoms with Crippen LogP contribution in [0.5, 0.6) is 5.75 Å². The maximum atomic E-state index is 14.1. The fourth-order valence-electron chi connectivity index (χ4n) is 7.16. The van der Waals surface area contributed by atoms with E-state index in [-0.39, 0.29) is 17.6 Å². The molecule has 0 bridgehead atoms. The molecule has 3 saturated heterocycles. The Bertz CT molecular complexity index is 924. The molecule has 2 saturated carbocycles. The number of para-hydroxylation sites is 1. The van der Waals surface area contributed by atoms with E-state index >= 15 is 0 Å². The molecule has 2 atom stereocenters. The molecule has 6 nitrogen and oxygen atoms in total. The average Bonchev–Trinajstić information content (AvgIpc) is 3.25. The molecule has 7 heteroatoms. The maximum Gasteiger partial charge on any atom is 0.260 e. The first kappa shape index (κ1) is 23.7. The Kier molecular flexibility index (Phi) is 6.30. The first-order valence-electron chi connectivity index (χ1n) is 13.8. The minimum absolute atomic E-state index is 0.242. The number of halogens is 1. The third-order valence-corrected chi connectivity index (χ3v) is 9.46. The molecule has 1 amide bonds. The maximum absolute atomic E-state index is 14.1. The molecule has 1 aromatic rings. The van der Waals surface area contributed by atoms with Gasteiger partial charge in [-0.25, -0.2) is 4.39 Å². The van der Waals surface area contributed by atoms with Gasteiger partial charge in [-0.3, -0.25) is 9.69 Å². The summed E-state index contributed by atoms with van der Waals surface area (Å²) in [6.45, 7) is 6.09. The molecule has 0 aromatic heterocycles. The molecule has 35 heavy (non-hydrogen) atoms. The second-order valence-corrected chi connectivity index (χ2v) is 11.9. The van der Waals surface area contributed by atoms with E-state index in [9.17, 15) is 14.3 Å². The van der Waals surface area contributed by atoms with Crippen molar-refractivity contribution < 1.29 is 19.0 Å². The highest BCUT2D eigenvalue weighted by Gasteiger charge is 2.58. The minimum Gasteiger partial charge on any atom is -0.492 e. The number of likely N-dealkylation sites (tertiary alicyclic amines) is 3. The molecule has 1 unspecified atom stereocenters. The van der Waals surface area contributed by atoms with E-state index < -0.39 is 5.67 Å². The van der Waals surface area contributed by atoms with Gasteiger partial charge in [0.25, 0.3) is 5.91 Å². The Labute approximate surface area is 208 Å². The zero-order chi connectivity index (χ0) is 24.0. The van der Waals surface area contributed by atoms with Crippen LogP contribution in [0.1, 0.15) is 69.3 Å². The van der Waals surface area contributed by atoms with E-state index in [2.05, 4.69) is 34.1 Å². The summed E-state index contributed by atoms with van der Waals surface area (Å²) in [6, 6.07) is 9.09. The van der Waals surface area contributed by atoms with E-state index in [1.54, 1.807) is 4.90 Å². The molecule has 5 aliphatic rings. The van der Waals surface area contributed by atoms with Crippen molar-refractivity contribution in [1.29, 1.82) is 0 Å². The predicted molar refractivity (Wildman–Crippen MR) is 132 cm³/mol.